The van der Waals surface area contributed by atoms with Gasteiger partial charge in [0.25, 0.3) is 6.43 Å². The summed E-state index contributed by atoms with van der Waals surface area (Å²) < 4.78 is 92.0. The summed E-state index contributed by atoms with van der Waals surface area (Å²) in [4.78, 5) is 0. The van der Waals surface area contributed by atoms with Crippen LogP contribution in [0.25, 0.3) is 0 Å². The first-order valence-electron chi connectivity index (χ1n) is 4.97. The van der Waals surface area contributed by atoms with Crippen LogP contribution in [0.1, 0.15) is 0 Å². The Morgan fingerprint density at radius 2 is 1.32 bits per heavy atom. The fourth-order valence-corrected chi connectivity index (χ4v) is 1.18. The van der Waals surface area contributed by atoms with Crippen LogP contribution in [-0.4, -0.2) is 26.2 Å². The minimum absolute atomic E-state index is 0.385. The van der Waals surface area contributed by atoms with E-state index in [4.69, 9.17) is 0 Å². The van der Waals surface area contributed by atoms with Crippen molar-refractivity contribution in [3.63, 3.8) is 0 Å². The second-order valence-corrected chi connectivity index (χ2v) is 3.34. The van der Waals surface area contributed by atoms with E-state index >= 15 is 0 Å². The van der Waals surface area contributed by atoms with Crippen LogP contribution in [0, 0.1) is 29.1 Å². The lowest BCUT2D eigenvalue weighted by atomic mass is 10.2. The molecule has 0 amide bonds. The number of anilines is 1. The maximum absolute atomic E-state index is 13.1. The average Bonchev–Trinajstić information content (AvgIpc) is 2.37. The minimum atomic E-state index is -2.71. The molecular weight excluding hydrogens is 283 g/mol. The van der Waals surface area contributed by atoms with Gasteiger partial charge in [-0.15, -0.1) is 0 Å². The topological polar surface area (TPSA) is 21.3 Å². The third-order valence-electron chi connectivity index (χ3n) is 2.00. The molecule has 0 spiro atoms. The molecule has 2 nitrogen and oxygen atoms in total. The summed E-state index contributed by atoms with van der Waals surface area (Å²) >= 11 is 0. The summed E-state index contributed by atoms with van der Waals surface area (Å²) in [5, 5.41) is 1.90. The van der Waals surface area contributed by atoms with Gasteiger partial charge >= 0.3 is 0 Å². The van der Waals surface area contributed by atoms with E-state index in [-0.39, 0.29) is 6.61 Å². The molecule has 0 fully saturated rings. The Bertz CT molecular complexity index is 423. The lowest BCUT2D eigenvalue weighted by Crippen LogP contribution is -2.16. The molecule has 1 rings (SSSR count). The maximum Gasteiger partial charge on any atom is 0.261 e. The quantitative estimate of drug-likeness (QED) is 0.376. The summed E-state index contributed by atoms with van der Waals surface area (Å²) in [5.74, 6) is -10.5. The van der Waals surface area contributed by atoms with Crippen molar-refractivity contribution < 1.29 is 35.5 Å². The van der Waals surface area contributed by atoms with E-state index < -0.39 is 54.4 Å². The van der Waals surface area contributed by atoms with Gasteiger partial charge in [0.2, 0.25) is 5.82 Å². The van der Waals surface area contributed by atoms with E-state index in [2.05, 4.69) is 4.74 Å². The summed E-state index contributed by atoms with van der Waals surface area (Å²) in [5.41, 5.74) is -1.22. The van der Waals surface area contributed by atoms with Crippen molar-refractivity contribution in [1.29, 1.82) is 0 Å². The van der Waals surface area contributed by atoms with Gasteiger partial charge in [-0.25, -0.2) is 30.7 Å². The van der Waals surface area contributed by atoms with E-state index in [1.165, 1.54) is 0 Å². The zero-order valence-electron chi connectivity index (χ0n) is 9.25. The van der Waals surface area contributed by atoms with Gasteiger partial charge in [-0.05, 0) is 0 Å². The third kappa shape index (κ3) is 3.72. The van der Waals surface area contributed by atoms with Crippen LogP contribution in [0.4, 0.5) is 36.4 Å². The monoisotopic (exact) mass is 291 g/mol. The summed E-state index contributed by atoms with van der Waals surface area (Å²) in [7, 11) is 0. The number of halogens is 7. The van der Waals surface area contributed by atoms with Crippen LogP contribution in [0.2, 0.25) is 0 Å². The highest BCUT2D eigenvalue weighted by molar-refractivity contribution is 5.47. The van der Waals surface area contributed by atoms with Crippen molar-refractivity contribution in [2.24, 2.45) is 0 Å². The van der Waals surface area contributed by atoms with Gasteiger partial charge in [0.05, 0.1) is 6.61 Å². The van der Waals surface area contributed by atoms with E-state index in [1.807, 2.05) is 5.32 Å². The van der Waals surface area contributed by atoms with Crippen molar-refractivity contribution in [2.45, 2.75) is 6.43 Å². The first-order valence-corrected chi connectivity index (χ1v) is 4.97. The van der Waals surface area contributed by atoms with Crippen molar-refractivity contribution >= 4 is 5.69 Å². The van der Waals surface area contributed by atoms with Gasteiger partial charge in [-0.1, -0.05) is 0 Å². The SMILES string of the molecule is Fc1c(F)c(F)c(NCCOCC(F)F)c(F)c1F. The first-order chi connectivity index (χ1) is 8.86. The number of rotatable bonds is 6. The molecule has 0 aliphatic carbocycles. The van der Waals surface area contributed by atoms with Crippen molar-refractivity contribution in [3.8, 4) is 0 Å². The van der Waals surface area contributed by atoms with Crippen molar-refractivity contribution in [1.82, 2.24) is 0 Å². The fourth-order valence-electron chi connectivity index (χ4n) is 1.18. The van der Waals surface area contributed by atoms with Crippen LogP contribution in [0.5, 0.6) is 0 Å². The summed E-state index contributed by atoms with van der Waals surface area (Å²) in [6.07, 6.45) is -2.71. The smallest absolute Gasteiger partial charge is 0.261 e. The molecule has 0 bridgehead atoms. The molecule has 1 N–H and O–H groups in total. The van der Waals surface area contributed by atoms with Crippen LogP contribution in [0.3, 0.4) is 0 Å². The molecule has 0 unspecified atom stereocenters. The van der Waals surface area contributed by atoms with Gasteiger partial charge in [-0.3, -0.25) is 0 Å². The molecule has 108 valence electrons. The zero-order valence-corrected chi connectivity index (χ0v) is 9.25. The molecule has 19 heavy (non-hydrogen) atoms. The lowest BCUT2D eigenvalue weighted by Gasteiger charge is -2.10. The number of ether oxygens (including phenoxy) is 1. The Balaban J connectivity index is 2.69. The first kappa shape index (κ1) is 15.5. The highest BCUT2D eigenvalue weighted by Crippen LogP contribution is 2.26. The second kappa shape index (κ2) is 6.60. The highest BCUT2D eigenvalue weighted by Gasteiger charge is 2.25. The van der Waals surface area contributed by atoms with E-state index in [0.29, 0.717) is 0 Å². The molecular formula is C10H8F7NO. The molecule has 1 aromatic carbocycles. The number of hydrogen-bond donors (Lipinski definition) is 1. The van der Waals surface area contributed by atoms with Gasteiger partial charge in [0.1, 0.15) is 12.3 Å². The molecule has 0 heterocycles. The number of benzene rings is 1. The molecule has 1 aromatic rings. The zero-order chi connectivity index (χ0) is 14.6. The maximum atomic E-state index is 13.1. The van der Waals surface area contributed by atoms with Crippen LogP contribution >= 0.6 is 0 Å². The van der Waals surface area contributed by atoms with E-state index in [0.717, 1.165) is 0 Å². The molecule has 9 heteroatoms. The van der Waals surface area contributed by atoms with Gasteiger partial charge in [0, 0.05) is 6.54 Å². The second-order valence-electron chi connectivity index (χ2n) is 3.34. The number of nitrogens with one attached hydrogen (secondary N) is 1. The summed E-state index contributed by atoms with van der Waals surface area (Å²) in [6, 6.07) is 0. The highest BCUT2D eigenvalue weighted by atomic mass is 19.3. The molecule has 0 saturated heterocycles. The van der Waals surface area contributed by atoms with Crippen LogP contribution < -0.4 is 5.32 Å². The Labute approximate surface area is 103 Å². The molecule has 0 atom stereocenters. The third-order valence-corrected chi connectivity index (χ3v) is 2.00. The fraction of sp³-hybridized carbons (Fsp3) is 0.400. The molecule has 0 aliphatic heterocycles. The van der Waals surface area contributed by atoms with E-state index in [9.17, 15) is 30.7 Å². The molecule has 0 saturated carbocycles. The van der Waals surface area contributed by atoms with Crippen molar-refractivity contribution in [3.05, 3.63) is 29.1 Å². The van der Waals surface area contributed by atoms with Gasteiger partial charge in [-0.2, -0.15) is 0 Å². The largest absolute Gasteiger partial charge is 0.378 e. The van der Waals surface area contributed by atoms with Crippen LogP contribution in [-0.2, 0) is 4.74 Å². The normalized spacial score (nSPS) is 11.2. The van der Waals surface area contributed by atoms with Crippen molar-refractivity contribution in [2.75, 3.05) is 25.1 Å². The Morgan fingerprint density at radius 1 is 0.842 bits per heavy atom. The molecule has 0 radical (unpaired) electrons. The minimum Gasteiger partial charge on any atom is -0.378 e. The number of alkyl halides is 2. The Morgan fingerprint density at radius 3 is 1.79 bits per heavy atom. The molecule has 0 aromatic heterocycles. The predicted molar refractivity (Wildman–Crippen MR) is 51.5 cm³/mol. The number of hydrogen-bond acceptors (Lipinski definition) is 2. The van der Waals surface area contributed by atoms with Gasteiger partial charge in [0.15, 0.2) is 23.3 Å². The standard InChI is InChI=1S/C10H8F7NO/c11-4(12)3-19-2-1-18-10-8(16)6(14)5(13)7(15)9(10)17/h4,18H,1-3H2. The van der Waals surface area contributed by atoms with E-state index in [1.54, 1.807) is 0 Å². The van der Waals surface area contributed by atoms with Crippen LogP contribution in [0.15, 0.2) is 0 Å². The average molecular weight is 291 g/mol. The Hall–Kier alpha value is -1.51. The lowest BCUT2D eigenvalue weighted by molar-refractivity contribution is 0.0214. The van der Waals surface area contributed by atoms with Gasteiger partial charge < -0.3 is 10.1 Å². The Kier molecular flexibility index (Phi) is 5.40. The molecule has 0 aliphatic rings. The summed E-state index contributed by atoms with van der Waals surface area (Å²) in [6.45, 7) is -1.67. The predicted octanol–water partition coefficient (Wildman–Crippen LogP) is 3.08.